The van der Waals surface area contributed by atoms with Crippen LogP contribution < -0.4 is 5.32 Å². The Hall–Kier alpha value is -1.69. The average Bonchev–Trinajstić information content (AvgIpc) is 2.25. The highest BCUT2D eigenvalue weighted by Crippen LogP contribution is 2.21. The molecule has 0 aliphatic rings. The van der Waals surface area contributed by atoms with Gasteiger partial charge in [-0.15, -0.1) is 0 Å². The van der Waals surface area contributed by atoms with Crippen molar-refractivity contribution in [1.29, 1.82) is 0 Å². The summed E-state index contributed by atoms with van der Waals surface area (Å²) < 4.78 is 31.1. The van der Waals surface area contributed by atoms with Gasteiger partial charge in [0.25, 0.3) is 0 Å². The van der Waals surface area contributed by atoms with Gasteiger partial charge < -0.3 is 15.2 Å². The van der Waals surface area contributed by atoms with E-state index in [-0.39, 0.29) is 12.3 Å². The lowest BCUT2D eigenvalue weighted by molar-refractivity contribution is -0.143. The second kappa shape index (κ2) is 5.09. The first kappa shape index (κ1) is 13.4. The van der Waals surface area contributed by atoms with Crippen LogP contribution in [0.5, 0.6) is 0 Å². The number of carboxylic acids is 1. The van der Waals surface area contributed by atoms with Crippen LogP contribution in [0.15, 0.2) is 18.2 Å². The quantitative estimate of drug-likeness (QED) is 0.831. The monoisotopic (exact) mass is 245 g/mol. The maximum Gasteiger partial charge on any atom is 0.331 e. The van der Waals surface area contributed by atoms with Crippen molar-refractivity contribution in [3.8, 4) is 0 Å². The molecule has 0 saturated carbocycles. The number of carbonyl (C=O) groups is 1. The molecule has 0 aromatic heterocycles. The molecule has 0 spiro atoms. The molecule has 0 heterocycles. The van der Waals surface area contributed by atoms with E-state index in [9.17, 15) is 13.6 Å². The molecule has 1 rings (SSSR count). The van der Waals surface area contributed by atoms with Crippen molar-refractivity contribution in [2.45, 2.75) is 12.5 Å². The molecule has 1 aromatic rings. The maximum absolute atomic E-state index is 13.4. The van der Waals surface area contributed by atoms with Gasteiger partial charge in [0.1, 0.15) is 0 Å². The van der Waals surface area contributed by atoms with Crippen molar-refractivity contribution < 1.29 is 23.4 Å². The van der Waals surface area contributed by atoms with Gasteiger partial charge in [0.05, 0.1) is 12.3 Å². The van der Waals surface area contributed by atoms with E-state index >= 15 is 0 Å². The number of methoxy groups -OCH3 is 1. The highest BCUT2D eigenvalue weighted by atomic mass is 19.2. The first-order valence-electron chi connectivity index (χ1n) is 4.85. The number of hydrogen-bond donors (Lipinski definition) is 2. The fourth-order valence-electron chi connectivity index (χ4n) is 1.34. The molecule has 0 bridgehead atoms. The van der Waals surface area contributed by atoms with Crippen LogP contribution in [-0.4, -0.2) is 30.3 Å². The number of rotatable bonds is 5. The third-order valence-corrected chi connectivity index (χ3v) is 2.27. The Morgan fingerprint density at radius 3 is 2.71 bits per heavy atom. The third kappa shape index (κ3) is 2.91. The molecular weight excluding hydrogens is 232 g/mol. The number of carboxylic acid groups (broad SMARTS) is 1. The molecule has 0 aliphatic carbocycles. The Balaban J connectivity index is 3.02. The van der Waals surface area contributed by atoms with Crippen molar-refractivity contribution in [2.24, 2.45) is 0 Å². The van der Waals surface area contributed by atoms with Crippen LogP contribution in [0.2, 0.25) is 0 Å². The van der Waals surface area contributed by atoms with Gasteiger partial charge >= 0.3 is 5.97 Å². The number of benzene rings is 1. The van der Waals surface area contributed by atoms with Gasteiger partial charge in [-0.3, -0.25) is 0 Å². The molecule has 17 heavy (non-hydrogen) atoms. The van der Waals surface area contributed by atoms with Crippen LogP contribution in [0.3, 0.4) is 0 Å². The zero-order valence-electron chi connectivity index (χ0n) is 9.46. The van der Waals surface area contributed by atoms with E-state index in [1.54, 1.807) is 0 Å². The molecular formula is C11H13F2NO3. The fourth-order valence-corrected chi connectivity index (χ4v) is 1.34. The minimum absolute atomic E-state index is 0.182. The first-order chi connectivity index (χ1) is 7.90. The Morgan fingerprint density at radius 2 is 2.18 bits per heavy atom. The van der Waals surface area contributed by atoms with E-state index in [1.165, 1.54) is 26.2 Å². The SMILES string of the molecule is COCC(C)(Nc1cccc(F)c1F)C(=O)O. The number of halogens is 2. The molecule has 0 amide bonds. The van der Waals surface area contributed by atoms with Crippen LogP contribution >= 0.6 is 0 Å². The number of hydrogen-bond acceptors (Lipinski definition) is 3. The van der Waals surface area contributed by atoms with Crippen LogP contribution in [-0.2, 0) is 9.53 Å². The first-order valence-corrected chi connectivity index (χ1v) is 4.85. The Kier molecular flexibility index (Phi) is 4.01. The zero-order chi connectivity index (χ0) is 13.1. The second-order valence-corrected chi connectivity index (χ2v) is 3.80. The second-order valence-electron chi connectivity index (χ2n) is 3.80. The van der Waals surface area contributed by atoms with Crippen molar-refractivity contribution >= 4 is 11.7 Å². The standard InChI is InChI=1S/C11H13F2NO3/c1-11(6-17-2,10(15)16)14-8-5-3-4-7(12)9(8)13/h3-5,14H,6H2,1-2H3,(H,15,16). The van der Waals surface area contributed by atoms with Crippen molar-refractivity contribution in [3.05, 3.63) is 29.8 Å². The number of anilines is 1. The molecule has 94 valence electrons. The summed E-state index contributed by atoms with van der Waals surface area (Å²) in [6, 6.07) is 3.50. The molecule has 1 aromatic carbocycles. The van der Waals surface area contributed by atoms with E-state index in [1.807, 2.05) is 0 Å². The zero-order valence-corrected chi connectivity index (χ0v) is 9.46. The topological polar surface area (TPSA) is 58.6 Å². The van der Waals surface area contributed by atoms with Crippen molar-refractivity contribution in [2.75, 3.05) is 19.0 Å². The van der Waals surface area contributed by atoms with Gasteiger partial charge in [-0.25, -0.2) is 13.6 Å². The summed E-state index contributed by atoms with van der Waals surface area (Å²) in [6.45, 7) is 1.14. The molecule has 6 heteroatoms. The molecule has 0 saturated heterocycles. The van der Waals surface area contributed by atoms with E-state index in [2.05, 4.69) is 5.32 Å². The molecule has 1 unspecified atom stereocenters. The Labute approximate surface area is 97.2 Å². The molecule has 4 nitrogen and oxygen atoms in total. The van der Waals surface area contributed by atoms with Gasteiger partial charge in [0.2, 0.25) is 0 Å². The van der Waals surface area contributed by atoms with E-state index in [4.69, 9.17) is 9.84 Å². The lowest BCUT2D eigenvalue weighted by Gasteiger charge is -2.26. The van der Waals surface area contributed by atoms with Crippen LogP contribution in [0, 0.1) is 11.6 Å². The van der Waals surface area contributed by atoms with Gasteiger partial charge in [-0.2, -0.15) is 0 Å². The third-order valence-electron chi connectivity index (χ3n) is 2.27. The lowest BCUT2D eigenvalue weighted by atomic mass is 10.0. The van der Waals surface area contributed by atoms with Crippen molar-refractivity contribution in [3.63, 3.8) is 0 Å². The van der Waals surface area contributed by atoms with Gasteiger partial charge in [0, 0.05) is 7.11 Å². The summed E-state index contributed by atoms with van der Waals surface area (Å²) in [4.78, 5) is 11.1. The summed E-state index contributed by atoms with van der Waals surface area (Å²) in [6.07, 6.45) is 0. The van der Waals surface area contributed by atoms with Gasteiger partial charge in [-0.05, 0) is 19.1 Å². The Morgan fingerprint density at radius 1 is 1.53 bits per heavy atom. The average molecular weight is 245 g/mol. The number of nitrogens with one attached hydrogen (secondary N) is 1. The normalized spacial score (nSPS) is 14.1. The number of ether oxygens (including phenoxy) is 1. The van der Waals surface area contributed by atoms with Gasteiger partial charge in [-0.1, -0.05) is 6.07 Å². The molecule has 0 fully saturated rings. The summed E-state index contributed by atoms with van der Waals surface area (Å²) in [5.41, 5.74) is -1.74. The summed E-state index contributed by atoms with van der Waals surface area (Å²) in [7, 11) is 1.32. The van der Waals surface area contributed by atoms with E-state index in [0.29, 0.717) is 0 Å². The highest BCUT2D eigenvalue weighted by Gasteiger charge is 2.34. The summed E-state index contributed by atoms with van der Waals surface area (Å²) in [5.74, 6) is -3.38. The minimum atomic E-state index is -1.52. The smallest absolute Gasteiger partial charge is 0.331 e. The van der Waals surface area contributed by atoms with Crippen LogP contribution in [0.1, 0.15) is 6.92 Å². The predicted octanol–water partition coefficient (Wildman–Crippen LogP) is 1.87. The van der Waals surface area contributed by atoms with E-state index < -0.39 is 23.1 Å². The maximum atomic E-state index is 13.4. The summed E-state index contributed by atoms with van der Waals surface area (Å²) in [5, 5.41) is 11.5. The summed E-state index contributed by atoms with van der Waals surface area (Å²) >= 11 is 0. The largest absolute Gasteiger partial charge is 0.479 e. The molecule has 0 radical (unpaired) electrons. The highest BCUT2D eigenvalue weighted by molar-refractivity contribution is 5.82. The molecule has 0 aliphatic heterocycles. The molecule has 2 N–H and O–H groups in total. The molecule has 1 atom stereocenters. The Bertz CT molecular complexity index is 425. The van der Waals surface area contributed by atoms with Gasteiger partial charge in [0.15, 0.2) is 17.2 Å². The minimum Gasteiger partial charge on any atom is -0.479 e. The predicted molar refractivity (Wildman–Crippen MR) is 57.9 cm³/mol. The lowest BCUT2D eigenvalue weighted by Crippen LogP contribution is -2.47. The van der Waals surface area contributed by atoms with Crippen molar-refractivity contribution in [1.82, 2.24) is 0 Å². The van der Waals surface area contributed by atoms with Crippen LogP contribution in [0.25, 0.3) is 0 Å². The number of aliphatic carboxylic acids is 1. The van der Waals surface area contributed by atoms with Crippen LogP contribution in [0.4, 0.5) is 14.5 Å². The van der Waals surface area contributed by atoms with E-state index in [0.717, 1.165) is 6.07 Å². The fraction of sp³-hybridized carbons (Fsp3) is 0.364.